The SMILES string of the molecule is CC(C)CCOc1c[nH]c(COC(=O)c2ccccc2Br)cc1=O. The van der Waals surface area contributed by atoms with Gasteiger partial charge in [-0.15, -0.1) is 0 Å². The lowest BCUT2D eigenvalue weighted by molar-refractivity contribution is 0.0466. The number of hydrogen-bond donors (Lipinski definition) is 1. The quantitative estimate of drug-likeness (QED) is 0.723. The van der Waals surface area contributed by atoms with Crippen LogP contribution in [0.5, 0.6) is 5.75 Å². The van der Waals surface area contributed by atoms with Crippen LogP contribution >= 0.6 is 15.9 Å². The number of carbonyl (C=O) groups excluding carboxylic acids is 1. The number of aromatic nitrogens is 1. The zero-order valence-electron chi connectivity index (χ0n) is 13.7. The van der Waals surface area contributed by atoms with Crippen molar-refractivity contribution in [2.45, 2.75) is 26.9 Å². The van der Waals surface area contributed by atoms with Crippen LogP contribution in [-0.2, 0) is 11.3 Å². The van der Waals surface area contributed by atoms with Crippen molar-refractivity contribution in [3.8, 4) is 5.75 Å². The molecule has 24 heavy (non-hydrogen) atoms. The van der Waals surface area contributed by atoms with Gasteiger partial charge in [0.05, 0.1) is 17.9 Å². The van der Waals surface area contributed by atoms with E-state index in [1.807, 2.05) is 6.07 Å². The molecular weight excluding hydrogens is 374 g/mol. The highest BCUT2D eigenvalue weighted by Gasteiger charge is 2.11. The number of H-pyrrole nitrogens is 1. The normalized spacial score (nSPS) is 10.7. The Balaban J connectivity index is 1.94. The number of nitrogens with one attached hydrogen (secondary N) is 1. The number of esters is 1. The highest BCUT2D eigenvalue weighted by molar-refractivity contribution is 9.10. The number of aromatic amines is 1. The summed E-state index contributed by atoms with van der Waals surface area (Å²) in [4.78, 5) is 26.9. The second-order valence-corrected chi connectivity index (χ2v) is 6.63. The second-order valence-electron chi connectivity index (χ2n) is 5.77. The van der Waals surface area contributed by atoms with E-state index >= 15 is 0 Å². The molecule has 0 amide bonds. The zero-order valence-corrected chi connectivity index (χ0v) is 15.3. The van der Waals surface area contributed by atoms with E-state index in [0.29, 0.717) is 28.3 Å². The Morgan fingerprint density at radius 3 is 2.71 bits per heavy atom. The van der Waals surface area contributed by atoms with Crippen LogP contribution in [0.25, 0.3) is 0 Å². The molecule has 5 nitrogen and oxygen atoms in total. The largest absolute Gasteiger partial charge is 0.488 e. The molecule has 0 bridgehead atoms. The number of carbonyl (C=O) groups is 1. The van der Waals surface area contributed by atoms with Gasteiger partial charge in [-0.2, -0.15) is 0 Å². The monoisotopic (exact) mass is 393 g/mol. The van der Waals surface area contributed by atoms with E-state index in [9.17, 15) is 9.59 Å². The van der Waals surface area contributed by atoms with Crippen LogP contribution < -0.4 is 10.2 Å². The molecule has 0 aliphatic rings. The highest BCUT2D eigenvalue weighted by Crippen LogP contribution is 2.17. The number of pyridine rings is 1. The third kappa shape index (κ3) is 5.23. The van der Waals surface area contributed by atoms with Crippen molar-refractivity contribution in [1.82, 2.24) is 4.98 Å². The number of rotatable bonds is 7. The Kier molecular flexibility index (Phi) is 6.61. The van der Waals surface area contributed by atoms with E-state index < -0.39 is 5.97 Å². The van der Waals surface area contributed by atoms with Crippen LogP contribution in [0.1, 0.15) is 36.3 Å². The van der Waals surface area contributed by atoms with Crippen LogP contribution in [-0.4, -0.2) is 17.6 Å². The molecule has 1 aromatic carbocycles. The van der Waals surface area contributed by atoms with Gasteiger partial charge in [-0.3, -0.25) is 4.79 Å². The van der Waals surface area contributed by atoms with Gasteiger partial charge in [0.2, 0.25) is 5.43 Å². The summed E-state index contributed by atoms with van der Waals surface area (Å²) in [5, 5.41) is 0. The molecule has 1 aromatic heterocycles. The minimum Gasteiger partial charge on any atom is -0.488 e. The molecule has 2 rings (SSSR count). The van der Waals surface area contributed by atoms with Gasteiger partial charge < -0.3 is 14.5 Å². The average molecular weight is 394 g/mol. The summed E-state index contributed by atoms with van der Waals surface area (Å²) in [5.74, 6) is 0.331. The highest BCUT2D eigenvalue weighted by atomic mass is 79.9. The summed E-state index contributed by atoms with van der Waals surface area (Å²) in [7, 11) is 0. The summed E-state index contributed by atoms with van der Waals surface area (Å²) in [6.07, 6.45) is 2.38. The topological polar surface area (TPSA) is 68.4 Å². The maximum atomic E-state index is 12.0. The minimum atomic E-state index is -0.458. The number of hydrogen-bond acceptors (Lipinski definition) is 4. The van der Waals surface area contributed by atoms with E-state index in [1.165, 1.54) is 12.3 Å². The van der Waals surface area contributed by atoms with Crippen LogP contribution in [0.2, 0.25) is 0 Å². The number of benzene rings is 1. The fourth-order valence-corrected chi connectivity index (χ4v) is 2.40. The van der Waals surface area contributed by atoms with Crippen LogP contribution in [0.4, 0.5) is 0 Å². The summed E-state index contributed by atoms with van der Waals surface area (Å²) < 4.78 is 11.3. The van der Waals surface area contributed by atoms with Crippen molar-refractivity contribution in [2.75, 3.05) is 6.61 Å². The van der Waals surface area contributed by atoms with Crippen molar-refractivity contribution in [1.29, 1.82) is 0 Å². The molecule has 2 aromatic rings. The van der Waals surface area contributed by atoms with E-state index in [2.05, 4.69) is 34.8 Å². The van der Waals surface area contributed by atoms with Gasteiger partial charge in [0.1, 0.15) is 6.61 Å². The van der Waals surface area contributed by atoms with Crippen molar-refractivity contribution in [3.05, 3.63) is 62.5 Å². The average Bonchev–Trinajstić information content (AvgIpc) is 2.54. The lowest BCUT2D eigenvalue weighted by Crippen LogP contribution is -2.13. The Labute approximate surface area is 149 Å². The van der Waals surface area contributed by atoms with Crippen molar-refractivity contribution in [2.24, 2.45) is 5.92 Å². The Morgan fingerprint density at radius 2 is 2.04 bits per heavy atom. The van der Waals surface area contributed by atoms with Crippen LogP contribution in [0, 0.1) is 5.92 Å². The second kappa shape index (κ2) is 8.68. The smallest absolute Gasteiger partial charge is 0.339 e. The molecule has 1 N–H and O–H groups in total. The molecule has 0 saturated heterocycles. The molecule has 0 aliphatic heterocycles. The summed E-state index contributed by atoms with van der Waals surface area (Å²) in [6, 6.07) is 8.39. The molecule has 0 saturated carbocycles. The van der Waals surface area contributed by atoms with Crippen LogP contribution in [0.3, 0.4) is 0 Å². The third-order valence-electron chi connectivity index (χ3n) is 3.34. The van der Waals surface area contributed by atoms with Crippen LogP contribution in [0.15, 0.2) is 45.8 Å². The van der Waals surface area contributed by atoms with Crippen molar-refractivity contribution < 1.29 is 14.3 Å². The lowest BCUT2D eigenvalue weighted by atomic mass is 10.1. The maximum Gasteiger partial charge on any atom is 0.339 e. The Morgan fingerprint density at radius 1 is 1.29 bits per heavy atom. The minimum absolute atomic E-state index is 0.0122. The summed E-state index contributed by atoms with van der Waals surface area (Å²) in [5.41, 5.74) is 0.717. The van der Waals surface area contributed by atoms with E-state index in [1.54, 1.807) is 18.2 Å². The first-order chi connectivity index (χ1) is 11.5. The molecule has 1 heterocycles. The molecule has 0 aliphatic carbocycles. The van der Waals surface area contributed by atoms with Crippen molar-refractivity contribution in [3.63, 3.8) is 0 Å². The first kappa shape index (κ1) is 18.3. The predicted octanol–water partition coefficient (Wildman–Crippen LogP) is 3.92. The molecule has 0 unspecified atom stereocenters. The molecule has 6 heteroatoms. The lowest BCUT2D eigenvalue weighted by Gasteiger charge is -2.09. The summed E-state index contributed by atoms with van der Waals surface area (Å²) >= 11 is 3.30. The van der Waals surface area contributed by atoms with E-state index in [-0.39, 0.29) is 17.8 Å². The van der Waals surface area contributed by atoms with Gasteiger partial charge >= 0.3 is 5.97 Å². The van der Waals surface area contributed by atoms with Gasteiger partial charge in [-0.05, 0) is 40.4 Å². The number of ether oxygens (including phenoxy) is 2. The predicted molar refractivity (Wildman–Crippen MR) is 95.3 cm³/mol. The van der Waals surface area contributed by atoms with Crippen molar-refractivity contribution >= 4 is 21.9 Å². The molecular formula is C18H20BrNO4. The van der Waals surface area contributed by atoms with E-state index in [4.69, 9.17) is 9.47 Å². The van der Waals surface area contributed by atoms with Gasteiger partial charge in [0, 0.05) is 16.7 Å². The molecule has 0 spiro atoms. The first-order valence-electron chi connectivity index (χ1n) is 7.73. The Hall–Kier alpha value is -2.08. The molecule has 0 radical (unpaired) electrons. The maximum absolute atomic E-state index is 12.0. The molecule has 0 fully saturated rings. The fraction of sp³-hybridized carbons (Fsp3) is 0.333. The fourth-order valence-electron chi connectivity index (χ4n) is 1.95. The van der Waals surface area contributed by atoms with Gasteiger partial charge in [-0.25, -0.2) is 4.79 Å². The third-order valence-corrected chi connectivity index (χ3v) is 4.03. The zero-order chi connectivity index (χ0) is 17.5. The van der Waals surface area contributed by atoms with E-state index in [0.717, 1.165) is 6.42 Å². The summed E-state index contributed by atoms with van der Waals surface area (Å²) in [6.45, 7) is 4.67. The Bertz CT molecular complexity index is 755. The standard InChI is InChI=1S/C18H20BrNO4/c1-12(2)7-8-23-17-10-20-13(9-16(17)21)11-24-18(22)14-5-3-4-6-15(14)19/h3-6,9-10,12H,7-8,11H2,1-2H3,(H,20,21). The number of halogens is 1. The van der Waals surface area contributed by atoms with Gasteiger partial charge in [0.15, 0.2) is 5.75 Å². The van der Waals surface area contributed by atoms with Gasteiger partial charge in [0.25, 0.3) is 0 Å². The molecule has 0 atom stereocenters. The molecule has 128 valence electrons. The first-order valence-corrected chi connectivity index (χ1v) is 8.52. The van der Waals surface area contributed by atoms with Gasteiger partial charge in [-0.1, -0.05) is 26.0 Å².